The molecule has 0 aliphatic carbocycles. The van der Waals surface area contributed by atoms with E-state index in [0.717, 1.165) is 16.1 Å². The predicted molar refractivity (Wildman–Crippen MR) is 87.9 cm³/mol. The normalized spacial score (nSPS) is 11.5. The second kappa shape index (κ2) is 6.09. The van der Waals surface area contributed by atoms with Crippen molar-refractivity contribution in [3.8, 4) is 17.1 Å². The molecule has 0 radical (unpaired) electrons. The van der Waals surface area contributed by atoms with Gasteiger partial charge in [0.05, 0.1) is 12.8 Å². The van der Waals surface area contributed by atoms with E-state index in [-0.39, 0.29) is 16.5 Å². The van der Waals surface area contributed by atoms with E-state index in [9.17, 15) is 12.8 Å². The molecule has 2 aromatic carbocycles. The molecule has 0 amide bonds. The standard InChI is InChI=1S/C17H15FN2O3S/c1-12-11-20(17(19-12)13-6-4-3-5-7-13)24(21,22)16-10-14(18)8-9-15(16)23-2/h3-11H,1-2H3. The van der Waals surface area contributed by atoms with Gasteiger partial charge in [-0.1, -0.05) is 30.3 Å². The highest BCUT2D eigenvalue weighted by atomic mass is 32.2. The molecular weight excluding hydrogens is 331 g/mol. The van der Waals surface area contributed by atoms with Crippen LogP contribution in [0, 0.1) is 12.7 Å². The first kappa shape index (κ1) is 16.2. The molecule has 0 saturated heterocycles. The van der Waals surface area contributed by atoms with Gasteiger partial charge in [0.15, 0.2) is 5.82 Å². The Labute approximate surface area is 139 Å². The van der Waals surface area contributed by atoms with Crippen LogP contribution in [0.5, 0.6) is 5.75 Å². The number of hydrogen-bond acceptors (Lipinski definition) is 4. The molecule has 1 aromatic heterocycles. The van der Waals surface area contributed by atoms with Crippen molar-refractivity contribution in [1.29, 1.82) is 0 Å². The number of ether oxygens (including phenoxy) is 1. The highest BCUT2D eigenvalue weighted by Crippen LogP contribution is 2.30. The average molecular weight is 346 g/mol. The Balaban J connectivity index is 2.25. The molecule has 0 spiro atoms. The molecule has 0 saturated carbocycles. The molecular formula is C17H15FN2O3S. The number of nitrogens with zero attached hydrogens (tertiary/aromatic N) is 2. The largest absolute Gasteiger partial charge is 0.495 e. The van der Waals surface area contributed by atoms with Gasteiger partial charge in [-0.15, -0.1) is 0 Å². The molecule has 0 aliphatic rings. The van der Waals surface area contributed by atoms with Crippen molar-refractivity contribution in [2.75, 3.05) is 7.11 Å². The predicted octanol–water partition coefficient (Wildman–Crippen LogP) is 3.24. The molecule has 0 N–H and O–H groups in total. The van der Waals surface area contributed by atoms with Crippen molar-refractivity contribution in [3.05, 3.63) is 66.2 Å². The van der Waals surface area contributed by atoms with Gasteiger partial charge in [0.2, 0.25) is 0 Å². The van der Waals surface area contributed by atoms with E-state index >= 15 is 0 Å². The first-order valence-corrected chi connectivity index (χ1v) is 8.58. The summed E-state index contributed by atoms with van der Waals surface area (Å²) in [5.41, 5.74) is 1.18. The Hall–Kier alpha value is -2.67. The fourth-order valence-corrected chi connectivity index (χ4v) is 3.94. The van der Waals surface area contributed by atoms with Crippen LogP contribution < -0.4 is 4.74 Å². The zero-order valence-corrected chi connectivity index (χ0v) is 13.9. The molecule has 3 aromatic rings. The summed E-state index contributed by atoms with van der Waals surface area (Å²) in [7, 11) is -2.74. The highest BCUT2D eigenvalue weighted by molar-refractivity contribution is 7.90. The van der Waals surface area contributed by atoms with Crippen LogP contribution in [0.4, 0.5) is 4.39 Å². The Morgan fingerprint density at radius 3 is 2.50 bits per heavy atom. The highest BCUT2D eigenvalue weighted by Gasteiger charge is 2.26. The minimum Gasteiger partial charge on any atom is -0.495 e. The fourth-order valence-electron chi connectivity index (χ4n) is 2.40. The maximum Gasteiger partial charge on any atom is 0.273 e. The lowest BCUT2D eigenvalue weighted by atomic mass is 10.2. The minimum atomic E-state index is -4.07. The lowest BCUT2D eigenvalue weighted by Crippen LogP contribution is -2.15. The number of hydrogen-bond donors (Lipinski definition) is 0. The Kier molecular flexibility index (Phi) is 4.11. The van der Waals surface area contributed by atoms with Crippen LogP contribution in [0.15, 0.2) is 59.6 Å². The lowest BCUT2D eigenvalue weighted by molar-refractivity contribution is 0.400. The van der Waals surface area contributed by atoms with Gasteiger partial charge >= 0.3 is 0 Å². The third kappa shape index (κ3) is 2.78. The zero-order valence-electron chi connectivity index (χ0n) is 13.1. The summed E-state index contributed by atoms with van der Waals surface area (Å²) in [4.78, 5) is 4.05. The molecule has 5 nitrogen and oxygen atoms in total. The molecule has 3 rings (SSSR count). The molecule has 1 heterocycles. The number of halogens is 1. The molecule has 0 atom stereocenters. The molecule has 124 valence electrons. The van der Waals surface area contributed by atoms with Crippen LogP contribution >= 0.6 is 0 Å². The van der Waals surface area contributed by atoms with Gasteiger partial charge in [-0.05, 0) is 25.1 Å². The van der Waals surface area contributed by atoms with Crippen molar-refractivity contribution in [3.63, 3.8) is 0 Å². The number of rotatable bonds is 4. The minimum absolute atomic E-state index is 0.0711. The average Bonchev–Trinajstić information content (AvgIpc) is 2.98. The maximum atomic E-state index is 13.6. The Bertz CT molecular complexity index is 982. The quantitative estimate of drug-likeness (QED) is 0.728. The smallest absolute Gasteiger partial charge is 0.273 e. The molecule has 0 aliphatic heterocycles. The van der Waals surface area contributed by atoms with Crippen molar-refractivity contribution in [2.45, 2.75) is 11.8 Å². The van der Waals surface area contributed by atoms with Crippen molar-refractivity contribution in [2.24, 2.45) is 0 Å². The third-order valence-corrected chi connectivity index (χ3v) is 5.16. The summed E-state index contributed by atoms with van der Waals surface area (Å²) >= 11 is 0. The van der Waals surface area contributed by atoms with Gasteiger partial charge in [-0.2, -0.15) is 0 Å². The summed E-state index contributed by atoms with van der Waals surface area (Å²) < 4.78 is 45.8. The Morgan fingerprint density at radius 2 is 1.83 bits per heavy atom. The van der Waals surface area contributed by atoms with Gasteiger partial charge in [0.25, 0.3) is 10.0 Å². The second-order valence-corrected chi connectivity index (χ2v) is 6.95. The SMILES string of the molecule is COc1ccc(F)cc1S(=O)(=O)n1cc(C)nc1-c1ccccc1. The first-order valence-electron chi connectivity index (χ1n) is 7.14. The molecule has 0 fully saturated rings. The van der Waals surface area contributed by atoms with Gasteiger partial charge in [0.1, 0.15) is 16.5 Å². The van der Waals surface area contributed by atoms with E-state index in [1.165, 1.54) is 19.4 Å². The second-order valence-electron chi connectivity index (χ2n) is 5.17. The van der Waals surface area contributed by atoms with Crippen molar-refractivity contribution < 1.29 is 17.5 Å². The van der Waals surface area contributed by atoms with Crippen LogP contribution in [0.25, 0.3) is 11.4 Å². The van der Waals surface area contributed by atoms with Crippen LogP contribution in [-0.2, 0) is 10.0 Å². The van der Waals surface area contributed by atoms with E-state index in [1.807, 2.05) is 6.07 Å². The zero-order chi connectivity index (χ0) is 17.3. The van der Waals surface area contributed by atoms with E-state index in [0.29, 0.717) is 11.3 Å². The monoisotopic (exact) mass is 346 g/mol. The number of aromatic nitrogens is 2. The number of benzene rings is 2. The molecule has 24 heavy (non-hydrogen) atoms. The third-order valence-electron chi connectivity index (χ3n) is 3.49. The van der Waals surface area contributed by atoms with E-state index in [2.05, 4.69) is 4.98 Å². The van der Waals surface area contributed by atoms with Gasteiger partial charge < -0.3 is 4.74 Å². The summed E-state index contributed by atoms with van der Waals surface area (Å²) in [6.07, 6.45) is 1.40. The summed E-state index contributed by atoms with van der Waals surface area (Å²) in [6.45, 7) is 1.70. The molecule has 7 heteroatoms. The van der Waals surface area contributed by atoms with Gasteiger partial charge in [0, 0.05) is 11.8 Å². The van der Waals surface area contributed by atoms with Gasteiger partial charge in [-0.3, -0.25) is 0 Å². The van der Waals surface area contributed by atoms with E-state index in [4.69, 9.17) is 4.74 Å². The van der Waals surface area contributed by atoms with E-state index in [1.54, 1.807) is 31.2 Å². The first-order chi connectivity index (χ1) is 11.4. The van der Waals surface area contributed by atoms with Crippen LogP contribution in [0.1, 0.15) is 5.69 Å². The molecule has 0 bridgehead atoms. The Morgan fingerprint density at radius 1 is 1.12 bits per heavy atom. The molecule has 0 unspecified atom stereocenters. The van der Waals surface area contributed by atoms with Crippen LogP contribution in [0.2, 0.25) is 0 Å². The summed E-state index contributed by atoms with van der Waals surface area (Å²) in [5.74, 6) is -0.325. The van der Waals surface area contributed by atoms with Crippen molar-refractivity contribution in [1.82, 2.24) is 8.96 Å². The summed E-state index contributed by atoms with van der Waals surface area (Å²) in [6, 6.07) is 12.3. The fraction of sp³-hybridized carbons (Fsp3) is 0.118. The van der Waals surface area contributed by atoms with E-state index < -0.39 is 15.8 Å². The van der Waals surface area contributed by atoms with Gasteiger partial charge in [-0.25, -0.2) is 21.8 Å². The van der Waals surface area contributed by atoms with Crippen LogP contribution in [-0.4, -0.2) is 24.5 Å². The maximum absolute atomic E-state index is 13.6. The van der Waals surface area contributed by atoms with Crippen LogP contribution in [0.3, 0.4) is 0 Å². The number of aryl methyl sites for hydroxylation is 1. The number of imidazole rings is 1. The summed E-state index contributed by atoms with van der Waals surface area (Å²) in [5, 5.41) is 0. The number of methoxy groups -OCH3 is 1. The topological polar surface area (TPSA) is 61.2 Å². The van der Waals surface area contributed by atoms with Crippen molar-refractivity contribution >= 4 is 10.0 Å². The lowest BCUT2D eigenvalue weighted by Gasteiger charge is -2.12.